The molecule has 0 atom stereocenters. The molecule has 0 aliphatic carbocycles. The molecule has 2 aromatic heterocycles. The Bertz CT molecular complexity index is 1230. The average Bonchev–Trinajstić information content (AvgIpc) is 2.71. The van der Waals surface area contributed by atoms with Gasteiger partial charge in [0.1, 0.15) is 5.60 Å². The fourth-order valence-corrected chi connectivity index (χ4v) is 3.85. The van der Waals surface area contributed by atoms with E-state index in [1.165, 1.54) is 4.57 Å². The third-order valence-electron chi connectivity index (χ3n) is 5.46. The second-order valence-electron chi connectivity index (χ2n) is 8.95. The summed E-state index contributed by atoms with van der Waals surface area (Å²) in [4.78, 5) is 51.2. The van der Waals surface area contributed by atoms with E-state index in [1.54, 1.807) is 12.1 Å². The van der Waals surface area contributed by atoms with Crippen molar-refractivity contribution in [2.75, 3.05) is 19.6 Å². The van der Waals surface area contributed by atoms with Crippen molar-refractivity contribution in [1.82, 2.24) is 24.4 Å². The number of rotatable bonds is 4. The highest BCUT2D eigenvalue weighted by molar-refractivity contribution is 5.83. The SMILES string of the molecule is CC(C)(C)OC(=O)C1CCN(CCn2c(=O)[nH]c3nc4ccccc4nc3c2=O)CC1. The molecular weight excluding hydrogens is 398 g/mol. The third kappa shape index (κ3) is 4.66. The molecule has 1 aliphatic heterocycles. The Morgan fingerprint density at radius 3 is 2.39 bits per heavy atom. The number of aromatic nitrogens is 4. The molecule has 1 N–H and O–H groups in total. The number of benzene rings is 1. The fourth-order valence-electron chi connectivity index (χ4n) is 3.85. The topological polar surface area (TPSA) is 110 Å². The number of carbonyl (C=O) groups excluding carboxylic acids is 1. The maximum Gasteiger partial charge on any atom is 0.330 e. The van der Waals surface area contributed by atoms with E-state index in [0.29, 0.717) is 43.5 Å². The number of hydrogen-bond donors (Lipinski definition) is 1. The number of para-hydroxylation sites is 2. The number of carbonyl (C=O) groups is 1. The van der Waals surface area contributed by atoms with Crippen molar-refractivity contribution >= 4 is 28.2 Å². The van der Waals surface area contributed by atoms with Crippen LogP contribution in [0.25, 0.3) is 22.2 Å². The number of likely N-dealkylation sites (tertiary alicyclic amines) is 1. The molecule has 0 saturated carbocycles. The molecule has 4 rings (SSSR count). The van der Waals surface area contributed by atoms with Gasteiger partial charge in [-0.15, -0.1) is 0 Å². The zero-order chi connectivity index (χ0) is 22.2. The van der Waals surface area contributed by atoms with E-state index in [9.17, 15) is 14.4 Å². The first-order valence-corrected chi connectivity index (χ1v) is 10.6. The fraction of sp³-hybridized carbons (Fsp3) is 0.500. The quantitative estimate of drug-likeness (QED) is 0.500. The molecule has 1 aromatic carbocycles. The number of nitrogens with one attached hydrogen (secondary N) is 1. The average molecular weight is 425 g/mol. The molecule has 9 nitrogen and oxygen atoms in total. The van der Waals surface area contributed by atoms with E-state index >= 15 is 0 Å². The molecule has 1 aliphatic rings. The van der Waals surface area contributed by atoms with Crippen LogP contribution in [0, 0.1) is 5.92 Å². The summed E-state index contributed by atoms with van der Waals surface area (Å²) >= 11 is 0. The zero-order valence-corrected chi connectivity index (χ0v) is 18.1. The summed E-state index contributed by atoms with van der Waals surface area (Å²) < 4.78 is 6.66. The number of piperidine rings is 1. The Morgan fingerprint density at radius 1 is 1.10 bits per heavy atom. The van der Waals surface area contributed by atoms with E-state index in [2.05, 4.69) is 19.9 Å². The third-order valence-corrected chi connectivity index (χ3v) is 5.46. The minimum absolute atomic E-state index is 0.106. The van der Waals surface area contributed by atoms with Gasteiger partial charge in [0.25, 0.3) is 5.56 Å². The van der Waals surface area contributed by atoms with Crippen molar-refractivity contribution in [2.45, 2.75) is 45.8 Å². The van der Waals surface area contributed by atoms with E-state index in [0.717, 1.165) is 0 Å². The summed E-state index contributed by atoms with van der Waals surface area (Å²) in [5.41, 5.74) is 0.155. The first-order valence-electron chi connectivity index (χ1n) is 10.6. The van der Waals surface area contributed by atoms with Crippen LogP contribution in [0.5, 0.6) is 0 Å². The molecule has 164 valence electrons. The number of hydrogen-bond acceptors (Lipinski definition) is 7. The Balaban J connectivity index is 1.45. The van der Waals surface area contributed by atoms with Gasteiger partial charge in [-0.25, -0.2) is 14.8 Å². The highest BCUT2D eigenvalue weighted by Crippen LogP contribution is 2.21. The van der Waals surface area contributed by atoms with Gasteiger partial charge < -0.3 is 9.64 Å². The van der Waals surface area contributed by atoms with Crippen LogP contribution in [0.3, 0.4) is 0 Å². The number of H-pyrrole nitrogens is 1. The molecule has 31 heavy (non-hydrogen) atoms. The number of fused-ring (bicyclic) bond motifs is 2. The number of nitrogens with zero attached hydrogens (tertiary/aromatic N) is 4. The minimum Gasteiger partial charge on any atom is -0.460 e. The summed E-state index contributed by atoms with van der Waals surface area (Å²) in [5.74, 6) is -0.258. The van der Waals surface area contributed by atoms with Crippen LogP contribution in [-0.2, 0) is 16.1 Å². The second kappa shape index (κ2) is 8.22. The van der Waals surface area contributed by atoms with Crippen LogP contribution >= 0.6 is 0 Å². The predicted octanol–water partition coefficient (Wildman–Crippen LogP) is 1.69. The van der Waals surface area contributed by atoms with Crippen LogP contribution in [0.15, 0.2) is 33.9 Å². The van der Waals surface area contributed by atoms with Crippen LogP contribution in [0.4, 0.5) is 0 Å². The Morgan fingerprint density at radius 2 is 1.74 bits per heavy atom. The van der Waals surface area contributed by atoms with Gasteiger partial charge in [0.2, 0.25) is 0 Å². The zero-order valence-electron chi connectivity index (χ0n) is 18.1. The molecule has 0 spiro atoms. The van der Waals surface area contributed by atoms with Gasteiger partial charge in [0.15, 0.2) is 11.2 Å². The molecule has 0 radical (unpaired) electrons. The van der Waals surface area contributed by atoms with E-state index < -0.39 is 16.9 Å². The van der Waals surface area contributed by atoms with Crippen molar-refractivity contribution in [1.29, 1.82) is 0 Å². The van der Waals surface area contributed by atoms with Gasteiger partial charge in [-0.2, -0.15) is 0 Å². The number of ether oxygens (including phenoxy) is 1. The summed E-state index contributed by atoms with van der Waals surface area (Å²) in [6.07, 6.45) is 1.41. The van der Waals surface area contributed by atoms with Crippen LogP contribution < -0.4 is 11.2 Å². The van der Waals surface area contributed by atoms with Crippen molar-refractivity contribution in [2.24, 2.45) is 5.92 Å². The molecule has 0 unspecified atom stereocenters. The standard InChI is InChI=1S/C22H27N5O4/c1-22(2,3)31-20(29)14-8-10-26(11-9-14)12-13-27-19(28)17-18(25-21(27)30)24-16-7-5-4-6-15(16)23-17/h4-7,14H,8-13H2,1-3H3,(H,24,25,30). The van der Waals surface area contributed by atoms with Gasteiger partial charge in [-0.05, 0) is 58.8 Å². The maximum absolute atomic E-state index is 12.9. The van der Waals surface area contributed by atoms with Crippen LogP contribution in [0.2, 0.25) is 0 Å². The summed E-state index contributed by atoms with van der Waals surface area (Å²) in [6, 6.07) is 7.22. The molecule has 1 fully saturated rings. The number of aromatic amines is 1. The molecule has 0 amide bonds. The van der Waals surface area contributed by atoms with Gasteiger partial charge in [0.05, 0.1) is 17.0 Å². The van der Waals surface area contributed by atoms with Crippen molar-refractivity contribution < 1.29 is 9.53 Å². The Hall–Kier alpha value is -3.07. The van der Waals surface area contributed by atoms with Crippen LogP contribution in [-0.4, -0.2) is 55.6 Å². The first-order chi connectivity index (χ1) is 14.7. The van der Waals surface area contributed by atoms with Crippen LogP contribution in [0.1, 0.15) is 33.6 Å². The largest absolute Gasteiger partial charge is 0.460 e. The van der Waals surface area contributed by atoms with Crippen molar-refractivity contribution in [3.8, 4) is 0 Å². The normalized spacial score (nSPS) is 16.1. The molecule has 0 bridgehead atoms. The Kier molecular flexibility index (Phi) is 5.62. The lowest BCUT2D eigenvalue weighted by Gasteiger charge is -2.32. The van der Waals surface area contributed by atoms with E-state index in [1.807, 2.05) is 32.9 Å². The van der Waals surface area contributed by atoms with E-state index in [4.69, 9.17) is 4.74 Å². The highest BCUT2D eigenvalue weighted by Gasteiger charge is 2.29. The predicted molar refractivity (Wildman–Crippen MR) is 117 cm³/mol. The molecular formula is C22H27N5O4. The lowest BCUT2D eigenvalue weighted by Crippen LogP contribution is -2.43. The lowest BCUT2D eigenvalue weighted by molar-refractivity contribution is -0.161. The van der Waals surface area contributed by atoms with Gasteiger partial charge in [-0.3, -0.25) is 19.1 Å². The van der Waals surface area contributed by atoms with E-state index in [-0.39, 0.29) is 29.6 Å². The smallest absolute Gasteiger partial charge is 0.330 e. The molecule has 3 aromatic rings. The molecule has 1 saturated heterocycles. The lowest BCUT2D eigenvalue weighted by atomic mass is 9.96. The van der Waals surface area contributed by atoms with Crippen molar-refractivity contribution in [3.63, 3.8) is 0 Å². The first kappa shape index (κ1) is 21.2. The summed E-state index contributed by atoms with van der Waals surface area (Å²) in [6.45, 7) is 7.82. The van der Waals surface area contributed by atoms with Crippen molar-refractivity contribution in [3.05, 3.63) is 45.1 Å². The summed E-state index contributed by atoms with van der Waals surface area (Å²) in [5, 5.41) is 0. The Labute approximate surface area is 179 Å². The molecule has 3 heterocycles. The summed E-state index contributed by atoms with van der Waals surface area (Å²) in [7, 11) is 0. The number of esters is 1. The molecule has 9 heteroatoms. The second-order valence-corrected chi connectivity index (χ2v) is 8.95. The monoisotopic (exact) mass is 425 g/mol. The minimum atomic E-state index is -0.495. The highest BCUT2D eigenvalue weighted by atomic mass is 16.6. The van der Waals surface area contributed by atoms with Gasteiger partial charge in [0, 0.05) is 13.1 Å². The van der Waals surface area contributed by atoms with Gasteiger partial charge >= 0.3 is 11.7 Å². The maximum atomic E-state index is 12.9. The van der Waals surface area contributed by atoms with Gasteiger partial charge in [-0.1, -0.05) is 12.1 Å².